The third-order valence-corrected chi connectivity index (χ3v) is 6.89. The van der Waals surface area contributed by atoms with Crippen LogP contribution in [0.2, 0.25) is 0 Å². The van der Waals surface area contributed by atoms with Gasteiger partial charge in [0.05, 0.1) is 19.6 Å². The second-order valence-corrected chi connectivity index (χ2v) is 9.41. The Bertz CT molecular complexity index is 1260. The topological polar surface area (TPSA) is 74.2 Å². The molecule has 1 heterocycles. The van der Waals surface area contributed by atoms with Crippen molar-refractivity contribution in [3.63, 3.8) is 0 Å². The Morgan fingerprint density at radius 2 is 1.86 bits per heavy atom. The molecule has 1 N–H and O–H groups in total. The molecule has 0 radical (unpaired) electrons. The van der Waals surface area contributed by atoms with Crippen LogP contribution in [-0.2, 0) is 29.0 Å². The average molecular weight is 489 g/mol. The summed E-state index contributed by atoms with van der Waals surface area (Å²) in [6.45, 7) is 6.82. The van der Waals surface area contributed by atoms with Gasteiger partial charge in [0.1, 0.15) is 30.5 Å². The van der Waals surface area contributed by atoms with Gasteiger partial charge in [-0.15, -0.1) is 0 Å². The lowest BCUT2D eigenvalue weighted by molar-refractivity contribution is -0.137. The lowest BCUT2D eigenvalue weighted by Gasteiger charge is -2.24. The van der Waals surface area contributed by atoms with Crippen LogP contribution in [0.1, 0.15) is 47.1 Å². The number of carboxylic acid groups (broad SMARTS) is 1. The maximum Gasteiger partial charge on any atom is 0.304 e. The van der Waals surface area contributed by atoms with Crippen LogP contribution in [0, 0.1) is 6.92 Å². The number of aliphatic carboxylic acids is 1. The molecule has 0 fully saturated rings. The first-order valence-electron chi connectivity index (χ1n) is 12.6. The minimum atomic E-state index is -0.814. The number of hydrogen-bond acceptors (Lipinski definition) is 5. The van der Waals surface area contributed by atoms with E-state index >= 15 is 0 Å². The Kier molecular flexibility index (Phi) is 7.14. The molecular weight excluding hydrogens is 456 g/mol. The quantitative estimate of drug-likeness (QED) is 0.369. The van der Waals surface area contributed by atoms with Crippen molar-refractivity contribution in [1.29, 1.82) is 0 Å². The predicted octanol–water partition coefficient (Wildman–Crippen LogP) is 5.71. The molecule has 188 valence electrons. The predicted molar refractivity (Wildman–Crippen MR) is 137 cm³/mol. The Labute approximate surface area is 211 Å². The highest BCUT2D eigenvalue weighted by Crippen LogP contribution is 2.40. The van der Waals surface area contributed by atoms with Crippen LogP contribution in [0.15, 0.2) is 48.5 Å². The van der Waals surface area contributed by atoms with Crippen LogP contribution in [0.3, 0.4) is 0 Å². The van der Waals surface area contributed by atoms with Crippen molar-refractivity contribution in [1.82, 2.24) is 0 Å². The molecule has 0 saturated heterocycles. The molecule has 0 spiro atoms. The summed E-state index contributed by atoms with van der Waals surface area (Å²) in [7, 11) is 0. The second-order valence-electron chi connectivity index (χ2n) is 9.41. The third kappa shape index (κ3) is 5.19. The summed E-state index contributed by atoms with van der Waals surface area (Å²) in [6.07, 6.45) is 2.08. The van der Waals surface area contributed by atoms with Gasteiger partial charge in [-0.25, -0.2) is 0 Å². The zero-order chi connectivity index (χ0) is 25.1. The fraction of sp³-hybridized carbons (Fsp3) is 0.367. The van der Waals surface area contributed by atoms with E-state index in [0.29, 0.717) is 44.5 Å². The van der Waals surface area contributed by atoms with E-state index in [0.717, 1.165) is 29.7 Å². The molecule has 0 aromatic heterocycles. The summed E-state index contributed by atoms with van der Waals surface area (Å²) in [5, 5.41) is 9.10. The maximum atomic E-state index is 11.1. The van der Waals surface area contributed by atoms with Crippen molar-refractivity contribution < 1.29 is 28.8 Å². The fourth-order valence-electron chi connectivity index (χ4n) is 5.18. The maximum absolute atomic E-state index is 11.1. The number of carbonyl (C=O) groups is 1. The highest BCUT2D eigenvalue weighted by molar-refractivity contribution is 5.77. The van der Waals surface area contributed by atoms with Gasteiger partial charge in [-0.05, 0) is 84.3 Å². The summed E-state index contributed by atoms with van der Waals surface area (Å²) >= 11 is 0. The number of ether oxygens (including phenoxy) is 4. The fourth-order valence-corrected chi connectivity index (χ4v) is 5.18. The molecule has 1 atom stereocenters. The number of benzene rings is 3. The molecule has 1 aliphatic heterocycles. The van der Waals surface area contributed by atoms with Gasteiger partial charge in [0, 0.05) is 24.2 Å². The van der Waals surface area contributed by atoms with Crippen molar-refractivity contribution >= 4 is 5.97 Å². The first kappa shape index (κ1) is 24.2. The van der Waals surface area contributed by atoms with Crippen LogP contribution in [0.25, 0.3) is 11.1 Å². The number of fused-ring (bicyclic) bond motifs is 4. The first-order chi connectivity index (χ1) is 17.5. The van der Waals surface area contributed by atoms with Crippen LogP contribution < -0.4 is 14.2 Å². The third-order valence-electron chi connectivity index (χ3n) is 6.89. The summed E-state index contributed by atoms with van der Waals surface area (Å²) in [5.41, 5.74) is 8.49. The summed E-state index contributed by atoms with van der Waals surface area (Å²) < 4.78 is 23.1. The molecule has 36 heavy (non-hydrogen) atoms. The van der Waals surface area contributed by atoms with Gasteiger partial charge < -0.3 is 24.1 Å². The smallest absolute Gasteiger partial charge is 0.304 e. The minimum absolute atomic E-state index is 0.0735. The van der Waals surface area contributed by atoms with Crippen molar-refractivity contribution in [2.75, 3.05) is 26.4 Å². The van der Waals surface area contributed by atoms with E-state index in [1.54, 1.807) is 0 Å². The van der Waals surface area contributed by atoms with Gasteiger partial charge in [-0.3, -0.25) is 4.79 Å². The van der Waals surface area contributed by atoms with Crippen molar-refractivity contribution in [2.45, 2.75) is 45.6 Å². The molecule has 3 aromatic carbocycles. The van der Waals surface area contributed by atoms with Gasteiger partial charge in [0.15, 0.2) is 0 Å². The van der Waals surface area contributed by atoms with E-state index in [4.69, 9.17) is 24.1 Å². The number of rotatable bonds is 10. The molecule has 1 unspecified atom stereocenters. The van der Waals surface area contributed by atoms with Gasteiger partial charge in [0.25, 0.3) is 0 Å². The summed E-state index contributed by atoms with van der Waals surface area (Å²) in [5.74, 6) is 1.41. The molecular formula is C30H32O6. The van der Waals surface area contributed by atoms with Gasteiger partial charge in [0.2, 0.25) is 0 Å². The Morgan fingerprint density at radius 1 is 1.00 bits per heavy atom. The van der Waals surface area contributed by atoms with E-state index in [9.17, 15) is 4.79 Å². The Morgan fingerprint density at radius 3 is 2.69 bits per heavy atom. The normalized spacial score (nSPS) is 15.4. The zero-order valence-corrected chi connectivity index (χ0v) is 20.8. The van der Waals surface area contributed by atoms with Crippen molar-refractivity contribution in [3.05, 3.63) is 76.3 Å². The van der Waals surface area contributed by atoms with Crippen LogP contribution in [-0.4, -0.2) is 37.5 Å². The van der Waals surface area contributed by atoms with Crippen molar-refractivity contribution in [3.8, 4) is 28.4 Å². The first-order valence-corrected chi connectivity index (χ1v) is 12.6. The number of carboxylic acids is 1. The molecule has 2 aliphatic rings. The van der Waals surface area contributed by atoms with Gasteiger partial charge in [-0.2, -0.15) is 0 Å². The average Bonchev–Trinajstić information content (AvgIpc) is 3.26. The Hall–Kier alpha value is -3.51. The van der Waals surface area contributed by atoms with Gasteiger partial charge >= 0.3 is 5.97 Å². The molecule has 0 bridgehead atoms. The molecule has 3 aromatic rings. The molecule has 6 nitrogen and oxygen atoms in total. The minimum Gasteiger partial charge on any atom is -0.492 e. The van der Waals surface area contributed by atoms with Crippen LogP contribution >= 0.6 is 0 Å². The molecule has 1 aliphatic carbocycles. The number of aryl methyl sites for hydroxylation is 3. The summed E-state index contributed by atoms with van der Waals surface area (Å²) in [4.78, 5) is 11.1. The standard InChI is InChI=1S/C30H32O6/c1-3-33-10-11-34-25-12-19(2)30-22(14-25)7-6-21-5-4-20(13-27(21)30)17-35-24-8-9-26-23(15-29(31)32)18-36-28(26)16-24/h4-5,8-9,12-14,16,23H,3,6-7,10-11,15,17-18H2,1-2H3,(H,31,32). The summed E-state index contributed by atoms with van der Waals surface area (Å²) in [6, 6.07) is 16.6. The molecule has 0 saturated carbocycles. The van der Waals surface area contributed by atoms with Crippen LogP contribution in [0.5, 0.6) is 17.2 Å². The highest BCUT2D eigenvalue weighted by Gasteiger charge is 2.27. The lowest BCUT2D eigenvalue weighted by Crippen LogP contribution is -2.09. The van der Waals surface area contributed by atoms with Gasteiger partial charge in [-0.1, -0.05) is 18.2 Å². The molecule has 6 heteroatoms. The zero-order valence-electron chi connectivity index (χ0n) is 20.8. The van der Waals surface area contributed by atoms with E-state index in [1.165, 1.54) is 27.8 Å². The van der Waals surface area contributed by atoms with E-state index in [2.05, 4.69) is 37.3 Å². The van der Waals surface area contributed by atoms with Crippen LogP contribution in [0.4, 0.5) is 0 Å². The second kappa shape index (κ2) is 10.6. The largest absolute Gasteiger partial charge is 0.492 e. The SMILES string of the molecule is CCOCCOc1cc(C)c2c(c1)CCc1ccc(COc3ccc4c(c3)OCC4CC(=O)O)cc1-2. The molecule has 0 amide bonds. The van der Waals surface area contributed by atoms with E-state index < -0.39 is 5.97 Å². The van der Waals surface area contributed by atoms with E-state index in [-0.39, 0.29) is 12.3 Å². The number of hydrogen-bond donors (Lipinski definition) is 1. The molecule has 5 rings (SSSR count). The van der Waals surface area contributed by atoms with E-state index in [1.807, 2.05) is 25.1 Å². The van der Waals surface area contributed by atoms with Crippen molar-refractivity contribution in [2.24, 2.45) is 0 Å². The highest BCUT2D eigenvalue weighted by atomic mass is 16.5. The monoisotopic (exact) mass is 488 g/mol. The Balaban J connectivity index is 1.30. The lowest BCUT2D eigenvalue weighted by atomic mass is 9.82.